The van der Waals surface area contributed by atoms with Crippen LogP contribution < -0.4 is 20.3 Å². The molecule has 152 valence electrons. The highest BCUT2D eigenvalue weighted by molar-refractivity contribution is 7.99. The molecule has 2 N–H and O–H groups in total. The molecule has 3 heterocycles. The van der Waals surface area contributed by atoms with Gasteiger partial charge in [0, 0.05) is 11.4 Å². The molecule has 1 aliphatic rings. The van der Waals surface area contributed by atoms with Crippen LogP contribution in [0.5, 0.6) is 11.5 Å². The largest absolute Gasteiger partial charge is 0.454 e. The second-order valence-corrected chi connectivity index (χ2v) is 9.37. The second kappa shape index (κ2) is 8.08. The first-order valence-corrected chi connectivity index (χ1v) is 11.1. The van der Waals surface area contributed by atoms with E-state index in [0.717, 1.165) is 26.6 Å². The summed E-state index contributed by atoms with van der Waals surface area (Å²) < 4.78 is 10.6. The van der Waals surface area contributed by atoms with Crippen LogP contribution in [0.25, 0.3) is 10.2 Å². The van der Waals surface area contributed by atoms with Crippen molar-refractivity contribution in [2.45, 2.75) is 38.3 Å². The smallest absolute Gasteiger partial charge is 0.259 e. The van der Waals surface area contributed by atoms with Gasteiger partial charge >= 0.3 is 0 Å². The van der Waals surface area contributed by atoms with Gasteiger partial charge in [-0.2, -0.15) is 0 Å². The number of aromatic amines is 1. The normalized spacial score (nSPS) is 13.6. The number of nitrogens with one attached hydrogen (secondary N) is 2. The molecule has 3 aromatic rings. The molecule has 0 unspecified atom stereocenters. The summed E-state index contributed by atoms with van der Waals surface area (Å²) in [5, 5.41) is 3.31. The van der Waals surface area contributed by atoms with E-state index in [1.165, 1.54) is 23.1 Å². The van der Waals surface area contributed by atoms with E-state index in [9.17, 15) is 9.59 Å². The Labute approximate surface area is 175 Å². The van der Waals surface area contributed by atoms with E-state index in [4.69, 9.17) is 9.47 Å². The lowest BCUT2D eigenvalue weighted by Crippen LogP contribution is -2.30. The quantitative estimate of drug-likeness (QED) is 0.622. The molecule has 1 aliphatic heterocycles. The summed E-state index contributed by atoms with van der Waals surface area (Å²) in [4.78, 5) is 34.0. The third-order valence-corrected chi connectivity index (χ3v) is 7.09. The Morgan fingerprint density at radius 1 is 1.34 bits per heavy atom. The third kappa shape index (κ3) is 4.11. The average Bonchev–Trinajstić information content (AvgIpc) is 3.28. The fourth-order valence-electron chi connectivity index (χ4n) is 3.03. The molecular weight excluding hydrogens is 410 g/mol. The summed E-state index contributed by atoms with van der Waals surface area (Å²) in [5.41, 5.74) is 1.81. The van der Waals surface area contributed by atoms with E-state index in [1.807, 2.05) is 39.0 Å². The van der Waals surface area contributed by atoms with Gasteiger partial charge in [-0.15, -0.1) is 23.1 Å². The number of benzene rings is 1. The van der Waals surface area contributed by atoms with Crippen LogP contribution in [-0.4, -0.2) is 27.9 Å². The fraction of sp³-hybridized carbons (Fsp3) is 0.350. The highest BCUT2D eigenvalue weighted by Gasteiger charge is 2.17. The van der Waals surface area contributed by atoms with Gasteiger partial charge in [0.05, 0.1) is 16.4 Å². The number of H-pyrrole nitrogens is 1. The van der Waals surface area contributed by atoms with Crippen molar-refractivity contribution in [1.82, 2.24) is 15.3 Å². The molecule has 0 saturated heterocycles. The van der Waals surface area contributed by atoms with Crippen molar-refractivity contribution >= 4 is 39.2 Å². The molecule has 0 fully saturated rings. The molecule has 4 rings (SSSR count). The summed E-state index contributed by atoms with van der Waals surface area (Å²) in [6, 6.07) is 5.62. The highest BCUT2D eigenvalue weighted by atomic mass is 32.2. The van der Waals surface area contributed by atoms with Crippen LogP contribution in [0, 0.1) is 13.8 Å². The second-order valence-electron chi connectivity index (χ2n) is 6.83. The molecule has 1 amide bonds. The first-order valence-electron chi connectivity index (χ1n) is 9.19. The highest BCUT2D eigenvalue weighted by Crippen LogP contribution is 2.32. The van der Waals surface area contributed by atoms with Gasteiger partial charge < -0.3 is 19.8 Å². The van der Waals surface area contributed by atoms with Gasteiger partial charge in [-0.1, -0.05) is 6.07 Å². The molecule has 0 aliphatic carbocycles. The number of amides is 1. The average molecular weight is 432 g/mol. The number of thioether (sulfide) groups is 1. The van der Waals surface area contributed by atoms with Crippen LogP contribution in [0.1, 0.15) is 28.8 Å². The van der Waals surface area contributed by atoms with E-state index in [0.29, 0.717) is 29.3 Å². The number of ether oxygens (including phenoxy) is 2. The zero-order valence-corrected chi connectivity index (χ0v) is 18.0. The molecule has 1 aromatic carbocycles. The van der Waals surface area contributed by atoms with E-state index in [2.05, 4.69) is 15.3 Å². The minimum absolute atomic E-state index is 0.0705. The van der Waals surface area contributed by atoms with Gasteiger partial charge in [0.2, 0.25) is 12.7 Å². The van der Waals surface area contributed by atoms with Crippen molar-refractivity contribution in [2.75, 3.05) is 6.79 Å². The van der Waals surface area contributed by atoms with E-state index < -0.39 is 0 Å². The topological polar surface area (TPSA) is 93.3 Å². The lowest BCUT2D eigenvalue weighted by molar-refractivity contribution is -0.120. The van der Waals surface area contributed by atoms with Crippen LogP contribution in [0.2, 0.25) is 0 Å². The summed E-state index contributed by atoms with van der Waals surface area (Å²) in [5.74, 6) is 2.39. The van der Waals surface area contributed by atoms with Gasteiger partial charge in [-0.05, 0) is 44.0 Å². The molecule has 2 aromatic heterocycles. The molecule has 0 saturated carbocycles. The lowest BCUT2D eigenvalue weighted by Gasteiger charge is -2.12. The minimum atomic E-state index is -0.281. The van der Waals surface area contributed by atoms with Crippen molar-refractivity contribution in [3.63, 3.8) is 0 Å². The van der Waals surface area contributed by atoms with Crippen LogP contribution in [0.15, 0.2) is 23.0 Å². The number of thiophene rings is 1. The third-order valence-electron chi connectivity index (χ3n) is 4.83. The Kier molecular flexibility index (Phi) is 5.51. The maximum atomic E-state index is 12.4. The summed E-state index contributed by atoms with van der Waals surface area (Å²) in [7, 11) is 0. The minimum Gasteiger partial charge on any atom is -0.454 e. The number of carbonyl (C=O) groups is 1. The molecule has 9 heteroatoms. The first-order chi connectivity index (χ1) is 13.9. The number of hydrogen-bond donors (Lipinski definition) is 2. The van der Waals surface area contributed by atoms with Crippen molar-refractivity contribution in [2.24, 2.45) is 0 Å². The van der Waals surface area contributed by atoms with Crippen molar-refractivity contribution < 1.29 is 14.3 Å². The molecule has 29 heavy (non-hydrogen) atoms. The summed E-state index contributed by atoms with van der Waals surface area (Å²) >= 11 is 2.96. The van der Waals surface area contributed by atoms with Crippen LogP contribution in [0.4, 0.5) is 0 Å². The Morgan fingerprint density at radius 2 is 2.14 bits per heavy atom. The number of carbonyl (C=O) groups excluding carboxylic acids is 1. The van der Waals surface area contributed by atoms with Crippen molar-refractivity contribution in [1.29, 1.82) is 0 Å². The van der Waals surface area contributed by atoms with Crippen LogP contribution in [-0.2, 0) is 17.1 Å². The Balaban J connectivity index is 1.34. The lowest BCUT2D eigenvalue weighted by atomic mass is 10.2. The standard InChI is InChI=1S/C20H21N3O4S2/c1-10-11(2)29-20-17(10)19(25)22-16(23-20)8-28-12(3)18(24)21-7-13-4-5-14-15(6-13)27-9-26-14/h4-6,12H,7-9H2,1-3H3,(H,21,24)(H,22,23,25)/t12-/m1/s1. The predicted molar refractivity (Wildman–Crippen MR) is 115 cm³/mol. The number of hydrogen-bond acceptors (Lipinski definition) is 7. The van der Waals surface area contributed by atoms with Crippen LogP contribution >= 0.6 is 23.1 Å². The van der Waals surface area contributed by atoms with Crippen LogP contribution in [0.3, 0.4) is 0 Å². The van der Waals surface area contributed by atoms with Gasteiger partial charge in [0.1, 0.15) is 10.7 Å². The number of nitrogens with zero attached hydrogens (tertiary/aromatic N) is 1. The van der Waals surface area contributed by atoms with E-state index >= 15 is 0 Å². The number of rotatable bonds is 6. The number of aromatic nitrogens is 2. The zero-order valence-electron chi connectivity index (χ0n) is 16.3. The maximum Gasteiger partial charge on any atom is 0.259 e. The number of aryl methyl sites for hydroxylation is 2. The fourth-order valence-corrected chi connectivity index (χ4v) is 4.86. The van der Waals surface area contributed by atoms with Crippen molar-refractivity contribution in [3.05, 3.63) is 50.4 Å². The molecule has 0 bridgehead atoms. The zero-order chi connectivity index (χ0) is 20.5. The predicted octanol–water partition coefficient (Wildman–Crippen LogP) is 3.27. The van der Waals surface area contributed by atoms with E-state index in [1.54, 1.807) is 0 Å². The van der Waals surface area contributed by atoms with Crippen molar-refractivity contribution in [3.8, 4) is 11.5 Å². The molecule has 7 nitrogen and oxygen atoms in total. The molecule has 1 atom stereocenters. The Morgan fingerprint density at radius 3 is 2.97 bits per heavy atom. The summed E-state index contributed by atoms with van der Waals surface area (Å²) in [6.07, 6.45) is 0. The van der Waals surface area contributed by atoms with E-state index in [-0.39, 0.29) is 23.5 Å². The molecule has 0 spiro atoms. The Hall–Kier alpha value is -2.52. The Bertz CT molecular complexity index is 1140. The van der Waals surface area contributed by atoms with Gasteiger partial charge in [0.25, 0.3) is 5.56 Å². The first kappa shape index (κ1) is 19.8. The summed E-state index contributed by atoms with van der Waals surface area (Å²) in [6.45, 7) is 6.41. The molecule has 0 radical (unpaired) electrons. The maximum absolute atomic E-state index is 12.4. The number of fused-ring (bicyclic) bond motifs is 2. The SMILES string of the molecule is Cc1sc2nc(CS[C@H](C)C(=O)NCc3ccc4c(c3)OCO4)[nH]c(=O)c2c1C. The van der Waals surface area contributed by atoms with Gasteiger partial charge in [-0.25, -0.2) is 4.98 Å². The molecular formula is C20H21N3O4S2. The monoisotopic (exact) mass is 431 g/mol. The van der Waals surface area contributed by atoms with Gasteiger partial charge in [-0.3, -0.25) is 9.59 Å². The van der Waals surface area contributed by atoms with Gasteiger partial charge in [0.15, 0.2) is 11.5 Å².